The number of carbonyl (C=O) groups excluding carboxylic acids is 1. The summed E-state index contributed by atoms with van der Waals surface area (Å²) in [5.74, 6) is 0.477. The summed E-state index contributed by atoms with van der Waals surface area (Å²) in [6.45, 7) is 6.19. The number of ether oxygens (including phenoxy) is 2. The van der Waals surface area contributed by atoms with Gasteiger partial charge in [0.05, 0.1) is 12.5 Å². The largest absolute Gasteiger partial charge is 0.487 e. The molecule has 1 saturated carbocycles. The molecule has 5 nitrogen and oxygen atoms in total. The fraction of sp³-hybridized carbons (Fsp3) is 0.562. The number of fused-ring (bicyclic) bond motifs is 1. The lowest BCUT2D eigenvalue weighted by atomic mass is 9.98. The topological polar surface area (TPSA) is 65.0 Å². The molecule has 1 heterocycles. The molecule has 1 aromatic carbocycles. The van der Waals surface area contributed by atoms with Gasteiger partial charge in [0, 0.05) is 17.9 Å². The number of nitroso groups, excluding NO2 is 1. The predicted octanol–water partition coefficient (Wildman–Crippen LogP) is 3.46. The maximum absolute atomic E-state index is 11.8. The van der Waals surface area contributed by atoms with Crippen LogP contribution in [0.4, 0.5) is 5.69 Å². The number of hydrogen-bond donors (Lipinski definition) is 0. The molecule has 0 spiro atoms. The molecular formula is C16H19NO4. The van der Waals surface area contributed by atoms with E-state index in [2.05, 4.69) is 5.18 Å². The highest BCUT2D eigenvalue weighted by Gasteiger charge is 2.47. The van der Waals surface area contributed by atoms with Crippen LogP contribution in [0.3, 0.4) is 0 Å². The minimum absolute atomic E-state index is 0.0226. The van der Waals surface area contributed by atoms with E-state index in [9.17, 15) is 9.70 Å². The van der Waals surface area contributed by atoms with Crippen LogP contribution in [0.2, 0.25) is 0 Å². The number of benzene rings is 1. The molecule has 0 aromatic heterocycles. The van der Waals surface area contributed by atoms with Gasteiger partial charge >= 0.3 is 5.97 Å². The van der Waals surface area contributed by atoms with Gasteiger partial charge in [-0.2, -0.15) is 0 Å². The minimum Gasteiger partial charge on any atom is -0.487 e. The second-order valence-electron chi connectivity index (χ2n) is 6.35. The van der Waals surface area contributed by atoms with Gasteiger partial charge in [-0.1, -0.05) is 0 Å². The van der Waals surface area contributed by atoms with Gasteiger partial charge < -0.3 is 9.47 Å². The van der Waals surface area contributed by atoms with Crippen LogP contribution in [0.15, 0.2) is 17.3 Å². The predicted molar refractivity (Wildman–Crippen MR) is 77.8 cm³/mol. The first-order chi connectivity index (χ1) is 9.95. The highest BCUT2D eigenvalue weighted by molar-refractivity contribution is 5.78. The molecule has 2 atom stereocenters. The summed E-state index contributed by atoms with van der Waals surface area (Å²) in [4.78, 5) is 22.9. The molecule has 1 fully saturated rings. The Morgan fingerprint density at radius 3 is 2.90 bits per heavy atom. The third-order valence-corrected chi connectivity index (χ3v) is 4.09. The first-order valence-electron chi connectivity index (χ1n) is 7.31. The van der Waals surface area contributed by atoms with Gasteiger partial charge in [0.1, 0.15) is 17.0 Å². The van der Waals surface area contributed by atoms with E-state index in [0.29, 0.717) is 18.7 Å². The van der Waals surface area contributed by atoms with Gasteiger partial charge in [0.25, 0.3) is 0 Å². The maximum atomic E-state index is 11.8. The highest BCUT2D eigenvalue weighted by Crippen LogP contribution is 2.53. The van der Waals surface area contributed by atoms with Crippen LogP contribution in [-0.2, 0) is 16.0 Å². The van der Waals surface area contributed by atoms with Crippen LogP contribution in [0.5, 0.6) is 5.75 Å². The van der Waals surface area contributed by atoms with E-state index in [0.717, 1.165) is 23.3 Å². The van der Waals surface area contributed by atoms with Crippen molar-refractivity contribution < 1.29 is 14.3 Å². The van der Waals surface area contributed by atoms with E-state index in [-0.39, 0.29) is 23.4 Å². The quantitative estimate of drug-likeness (QED) is 0.629. The zero-order chi connectivity index (χ0) is 15.2. The fourth-order valence-electron chi connectivity index (χ4n) is 3.08. The molecule has 0 bridgehead atoms. The molecule has 0 N–H and O–H groups in total. The Balaban J connectivity index is 1.88. The lowest BCUT2D eigenvalue weighted by molar-refractivity contribution is -0.144. The molecule has 0 saturated heterocycles. The number of rotatable bonds is 4. The molecule has 3 rings (SSSR count). The van der Waals surface area contributed by atoms with E-state index in [4.69, 9.17) is 9.47 Å². The highest BCUT2D eigenvalue weighted by atomic mass is 16.5. The Kier molecular flexibility index (Phi) is 3.23. The molecule has 2 aliphatic rings. The first-order valence-corrected chi connectivity index (χ1v) is 7.31. The molecule has 21 heavy (non-hydrogen) atoms. The average Bonchev–Trinajstić information content (AvgIpc) is 3.14. The molecule has 5 heteroatoms. The number of carbonyl (C=O) groups is 1. The van der Waals surface area contributed by atoms with Crippen LogP contribution in [0.1, 0.15) is 44.2 Å². The Bertz CT molecular complexity index is 609. The van der Waals surface area contributed by atoms with E-state index in [1.807, 2.05) is 19.9 Å². The number of hydrogen-bond acceptors (Lipinski definition) is 5. The molecule has 0 radical (unpaired) electrons. The van der Waals surface area contributed by atoms with Crippen molar-refractivity contribution in [1.29, 1.82) is 0 Å². The van der Waals surface area contributed by atoms with E-state index in [1.54, 1.807) is 13.0 Å². The Hall–Kier alpha value is -1.91. The second kappa shape index (κ2) is 4.83. The van der Waals surface area contributed by atoms with Crippen LogP contribution in [0, 0.1) is 10.8 Å². The van der Waals surface area contributed by atoms with Crippen molar-refractivity contribution >= 4 is 11.7 Å². The van der Waals surface area contributed by atoms with Gasteiger partial charge in [-0.3, -0.25) is 4.79 Å². The van der Waals surface area contributed by atoms with Crippen LogP contribution >= 0.6 is 0 Å². The summed E-state index contributed by atoms with van der Waals surface area (Å²) in [7, 11) is 0. The Labute approximate surface area is 123 Å². The van der Waals surface area contributed by atoms with Gasteiger partial charge in [0.2, 0.25) is 0 Å². The van der Waals surface area contributed by atoms with Gasteiger partial charge in [-0.05, 0) is 50.1 Å². The summed E-state index contributed by atoms with van der Waals surface area (Å²) in [6.07, 6.45) is 1.47. The molecule has 112 valence electrons. The molecule has 1 aliphatic heterocycles. The Morgan fingerprint density at radius 1 is 1.48 bits per heavy atom. The summed E-state index contributed by atoms with van der Waals surface area (Å²) < 4.78 is 10.9. The number of esters is 1. The fourth-order valence-corrected chi connectivity index (χ4v) is 3.08. The van der Waals surface area contributed by atoms with Crippen molar-refractivity contribution in [3.05, 3.63) is 28.2 Å². The lowest BCUT2D eigenvalue weighted by Crippen LogP contribution is -2.24. The third kappa shape index (κ3) is 2.52. The summed E-state index contributed by atoms with van der Waals surface area (Å²) in [5, 5.41) is 3.14. The number of nitrogens with zero attached hydrogens (tertiary/aromatic N) is 1. The van der Waals surface area contributed by atoms with Gasteiger partial charge in [-0.25, -0.2) is 0 Å². The van der Waals surface area contributed by atoms with Crippen LogP contribution in [0.25, 0.3) is 0 Å². The van der Waals surface area contributed by atoms with Crippen molar-refractivity contribution in [2.45, 2.75) is 45.1 Å². The van der Waals surface area contributed by atoms with Crippen molar-refractivity contribution in [1.82, 2.24) is 0 Å². The third-order valence-electron chi connectivity index (χ3n) is 4.09. The maximum Gasteiger partial charge on any atom is 0.309 e. The van der Waals surface area contributed by atoms with E-state index < -0.39 is 0 Å². The molecule has 2 unspecified atom stereocenters. The van der Waals surface area contributed by atoms with Crippen molar-refractivity contribution in [2.24, 2.45) is 11.1 Å². The molecular weight excluding hydrogens is 270 g/mol. The molecule has 1 aliphatic carbocycles. The molecule has 0 amide bonds. The van der Waals surface area contributed by atoms with Crippen LogP contribution in [-0.4, -0.2) is 18.2 Å². The van der Waals surface area contributed by atoms with E-state index in [1.165, 1.54) is 0 Å². The average molecular weight is 289 g/mol. The lowest BCUT2D eigenvalue weighted by Gasteiger charge is -2.17. The normalized spacial score (nSPS) is 24.9. The van der Waals surface area contributed by atoms with Crippen molar-refractivity contribution in [3.8, 4) is 5.75 Å². The zero-order valence-electron chi connectivity index (χ0n) is 12.5. The summed E-state index contributed by atoms with van der Waals surface area (Å²) in [5.41, 5.74) is 1.98. The first kappa shape index (κ1) is 14.0. The van der Waals surface area contributed by atoms with Crippen LogP contribution < -0.4 is 4.74 Å². The van der Waals surface area contributed by atoms with Gasteiger partial charge in [-0.15, -0.1) is 4.91 Å². The summed E-state index contributed by atoms with van der Waals surface area (Å²) >= 11 is 0. The second-order valence-corrected chi connectivity index (χ2v) is 6.35. The Morgan fingerprint density at radius 2 is 2.24 bits per heavy atom. The smallest absolute Gasteiger partial charge is 0.309 e. The zero-order valence-corrected chi connectivity index (χ0v) is 12.5. The standard InChI is InChI=1S/C16H19NO4/c1-4-20-15(18)12-6-10(12)11-7-14-9(5-13(11)17-19)8-16(2,3)21-14/h5,7,10,12H,4,6,8H2,1-3H3. The summed E-state index contributed by atoms with van der Waals surface area (Å²) in [6, 6.07) is 3.68. The SMILES string of the molecule is CCOC(=O)C1CC1c1cc2c(cc1N=O)CC(C)(C)O2. The van der Waals surface area contributed by atoms with Crippen molar-refractivity contribution in [3.63, 3.8) is 0 Å². The van der Waals surface area contributed by atoms with E-state index >= 15 is 0 Å². The van der Waals surface area contributed by atoms with Gasteiger partial charge in [0.15, 0.2) is 0 Å². The monoisotopic (exact) mass is 289 g/mol. The molecule has 1 aromatic rings. The minimum atomic E-state index is -0.259. The van der Waals surface area contributed by atoms with Crippen molar-refractivity contribution in [2.75, 3.05) is 6.61 Å².